The van der Waals surface area contributed by atoms with Crippen molar-refractivity contribution in [2.75, 3.05) is 13.1 Å². The molecule has 2 rings (SSSR count). The molecular formula is C17H26N2S. The molecule has 1 aliphatic rings. The molecule has 0 bridgehead atoms. The van der Waals surface area contributed by atoms with E-state index in [0.717, 1.165) is 13.1 Å². The highest BCUT2D eigenvalue weighted by Crippen LogP contribution is 2.26. The molecule has 110 valence electrons. The van der Waals surface area contributed by atoms with Crippen LogP contribution in [-0.2, 0) is 0 Å². The minimum atomic E-state index is 0.538. The van der Waals surface area contributed by atoms with E-state index in [2.05, 4.69) is 49.1 Å². The third kappa shape index (κ3) is 4.55. The first-order chi connectivity index (χ1) is 9.83. The minimum absolute atomic E-state index is 0.538. The Morgan fingerprint density at radius 1 is 1.10 bits per heavy atom. The van der Waals surface area contributed by atoms with E-state index in [1.165, 1.54) is 42.2 Å². The Kier molecular flexibility index (Phi) is 6.44. The number of amidine groups is 1. The van der Waals surface area contributed by atoms with Gasteiger partial charge in [-0.1, -0.05) is 49.2 Å². The fourth-order valence-corrected chi connectivity index (χ4v) is 3.72. The number of hydrogen-bond acceptors (Lipinski definition) is 2. The zero-order chi connectivity index (χ0) is 14.2. The van der Waals surface area contributed by atoms with Crippen molar-refractivity contribution in [1.82, 2.24) is 4.90 Å². The fourth-order valence-electron chi connectivity index (χ4n) is 2.63. The van der Waals surface area contributed by atoms with E-state index in [4.69, 9.17) is 4.99 Å². The van der Waals surface area contributed by atoms with Crippen molar-refractivity contribution >= 4 is 16.9 Å². The Bertz CT molecular complexity index is 406. The molecular weight excluding hydrogens is 264 g/mol. The van der Waals surface area contributed by atoms with Crippen molar-refractivity contribution in [3.63, 3.8) is 0 Å². The lowest BCUT2D eigenvalue weighted by Gasteiger charge is -2.26. The van der Waals surface area contributed by atoms with Gasteiger partial charge in [0, 0.05) is 18.0 Å². The molecule has 1 aromatic carbocycles. The van der Waals surface area contributed by atoms with Gasteiger partial charge in [0.15, 0.2) is 5.17 Å². The van der Waals surface area contributed by atoms with Crippen molar-refractivity contribution in [3.05, 3.63) is 30.3 Å². The third-order valence-electron chi connectivity index (χ3n) is 3.85. The SMILES string of the molecule is CCN(CC)C(=NC1CCCCC1)Sc1ccccc1. The second-order valence-electron chi connectivity index (χ2n) is 5.29. The molecule has 0 saturated heterocycles. The van der Waals surface area contributed by atoms with E-state index in [-0.39, 0.29) is 0 Å². The summed E-state index contributed by atoms with van der Waals surface area (Å²) in [7, 11) is 0. The molecule has 20 heavy (non-hydrogen) atoms. The topological polar surface area (TPSA) is 15.6 Å². The Morgan fingerprint density at radius 2 is 1.75 bits per heavy atom. The first-order valence-corrected chi connectivity index (χ1v) is 8.70. The molecule has 0 spiro atoms. The van der Waals surface area contributed by atoms with Crippen LogP contribution in [-0.4, -0.2) is 29.2 Å². The Hall–Kier alpha value is -0.960. The van der Waals surface area contributed by atoms with Crippen LogP contribution in [0.4, 0.5) is 0 Å². The highest BCUT2D eigenvalue weighted by molar-refractivity contribution is 8.13. The lowest BCUT2D eigenvalue weighted by molar-refractivity contribution is 0.427. The predicted molar refractivity (Wildman–Crippen MR) is 89.5 cm³/mol. The molecule has 0 unspecified atom stereocenters. The van der Waals surface area contributed by atoms with Gasteiger partial charge in [0.25, 0.3) is 0 Å². The second kappa shape index (κ2) is 8.35. The quantitative estimate of drug-likeness (QED) is 0.449. The molecule has 1 fully saturated rings. The predicted octanol–water partition coefficient (Wildman–Crippen LogP) is 4.81. The van der Waals surface area contributed by atoms with Crippen LogP contribution in [0.5, 0.6) is 0 Å². The Morgan fingerprint density at radius 3 is 2.35 bits per heavy atom. The Labute approximate surface area is 127 Å². The van der Waals surface area contributed by atoms with Gasteiger partial charge in [-0.3, -0.25) is 4.99 Å². The lowest BCUT2D eigenvalue weighted by Crippen LogP contribution is -2.30. The first-order valence-electron chi connectivity index (χ1n) is 7.89. The van der Waals surface area contributed by atoms with Gasteiger partial charge in [-0.2, -0.15) is 0 Å². The summed E-state index contributed by atoms with van der Waals surface area (Å²) < 4.78 is 0. The van der Waals surface area contributed by atoms with Crippen molar-refractivity contribution in [2.45, 2.75) is 56.9 Å². The molecule has 0 aliphatic heterocycles. The molecule has 0 amide bonds. The van der Waals surface area contributed by atoms with E-state index in [9.17, 15) is 0 Å². The number of rotatable bonds is 4. The summed E-state index contributed by atoms with van der Waals surface area (Å²) in [4.78, 5) is 8.75. The number of thioether (sulfide) groups is 1. The average molecular weight is 290 g/mol. The summed E-state index contributed by atoms with van der Waals surface area (Å²) >= 11 is 1.82. The van der Waals surface area contributed by atoms with Crippen molar-refractivity contribution in [1.29, 1.82) is 0 Å². The maximum Gasteiger partial charge on any atom is 0.164 e. The summed E-state index contributed by atoms with van der Waals surface area (Å²) in [6, 6.07) is 11.1. The van der Waals surface area contributed by atoms with Gasteiger partial charge in [-0.25, -0.2) is 0 Å². The maximum atomic E-state index is 5.08. The van der Waals surface area contributed by atoms with Crippen LogP contribution in [0.15, 0.2) is 40.2 Å². The average Bonchev–Trinajstić information content (AvgIpc) is 2.50. The molecule has 1 aliphatic carbocycles. The molecule has 2 nitrogen and oxygen atoms in total. The van der Waals surface area contributed by atoms with Crippen LogP contribution >= 0.6 is 11.8 Å². The number of nitrogens with zero attached hydrogens (tertiary/aromatic N) is 2. The first kappa shape index (κ1) is 15.4. The monoisotopic (exact) mass is 290 g/mol. The van der Waals surface area contributed by atoms with Crippen LogP contribution in [0.2, 0.25) is 0 Å². The van der Waals surface area contributed by atoms with Crippen molar-refractivity contribution in [3.8, 4) is 0 Å². The van der Waals surface area contributed by atoms with Crippen molar-refractivity contribution in [2.24, 2.45) is 4.99 Å². The largest absolute Gasteiger partial charge is 0.352 e. The van der Waals surface area contributed by atoms with Gasteiger partial charge in [0.05, 0.1) is 6.04 Å². The van der Waals surface area contributed by atoms with Gasteiger partial charge < -0.3 is 4.90 Å². The zero-order valence-corrected chi connectivity index (χ0v) is 13.5. The summed E-state index contributed by atoms with van der Waals surface area (Å²) in [6.07, 6.45) is 6.60. The molecule has 0 heterocycles. The standard InChI is InChI=1S/C17H26N2S/c1-3-19(4-2)17(18-15-11-7-5-8-12-15)20-16-13-9-6-10-14-16/h6,9-10,13-15H,3-5,7-8,11-12H2,1-2H3. The van der Waals surface area contributed by atoms with E-state index in [1.807, 2.05) is 11.8 Å². The van der Waals surface area contributed by atoms with E-state index in [0.29, 0.717) is 6.04 Å². The summed E-state index contributed by atoms with van der Waals surface area (Å²) in [6.45, 7) is 6.49. The summed E-state index contributed by atoms with van der Waals surface area (Å²) in [5, 5.41) is 1.20. The molecule has 1 saturated carbocycles. The number of hydrogen-bond donors (Lipinski definition) is 0. The maximum absolute atomic E-state index is 5.08. The van der Waals surface area contributed by atoms with Crippen LogP contribution in [0.25, 0.3) is 0 Å². The van der Waals surface area contributed by atoms with Crippen molar-refractivity contribution < 1.29 is 0 Å². The zero-order valence-electron chi connectivity index (χ0n) is 12.7. The smallest absolute Gasteiger partial charge is 0.164 e. The molecule has 1 aromatic rings. The minimum Gasteiger partial charge on any atom is -0.352 e. The van der Waals surface area contributed by atoms with Gasteiger partial charge >= 0.3 is 0 Å². The highest BCUT2D eigenvalue weighted by atomic mass is 32.2. The lowest BCUT2D eigenvalue weighted by atomic mass is 9.96. The Balaban J connectivity index is 2.13. The van der Waals surface area contributed by atoms with Crippen LogP contribution < -0.4 is 0 Å². The molecule has 0 aromatic heterocycles. The number of benzene rings is 1. The van der Waals surface area contributed by atoms with Crippen LogP contribution in [0.1, 0.15) is 46.0 Å². The molecule has 3 heteroatoms. The summed E-state index contributed by atoms with van der Waals surface area (Å²) in [5.74, 6) is 0. The van der Waals surface area contributed by atoms with E-state index >= 15 is 0 Å². The van der Waals surface area contributed by atoms with Gasteiger partial charge in [-0.15, -0.1) is 0 Å². The fraction of sp³-hybridized carbons (Fsp3) is 0.588. The second-order valence-corrected chi connectivity index (χ2v) is 6.33. The molecule has 0 atom stereocenters. The van der Waals surface area contributed by atoms with Gasteiger partial charge in [0.2, 0.25) is 0 Å². The van der Waals surface area contributed by atoms with Crippen LogP contribution in [0, 0.1) is 0 Å². The van der Waals surface area contributed by atoms with Gasteiger partial charge in [-0.05, 0) is 38.8 Å². The normalized spacial score (nSPS) is 17.2. The van der Waals surface area contributed by atoms with E-state index < -0.39 is 0 Å². The molecule has 0 N–H and O–H groups in total. The molecule has 0 radical (unpaired) electrons. The van der Waals surface area contributed by atoms with E-state index in [1.54, 1.807) is 0 Å². The van der Waals surface area contributed by atoms with Gasteiger partial charge in [0.1, 0.15) is 0 Å². The highest BCUT2D eigenvalue weighted by Gasteiger charge is 2.16. The third-order valence-corrected chi connectivity index (χ3v) is 4.91. The number of aliphatic imine (C=N–C) groups is 1. The summed E-state index contributed by atoms with van der Waals surface area (Å²) in [5.41, 5.74) is 0. The van der Waals surface area contributed by atoms with Crippen LogP contribution in [0.3, 0.4) is 0 Å².